The van der Waals surface area contributed by atoms with E-state index in [1.165, 1.54) is 73.6 Å². The summed E-state index contributed by atoms with van der Waals surface area (Å²) in [4.78, 5) is 40.2. The van der Waals surface area contributed by atoms with Crippen LogP contribution >= 0.6 is 0 Å². The Labute approximate surface area is 244 Å². The Hall–Kier alpha value is -6.12. The highest BCUT2D eigenvalue weighted by Gasteiger charge is 2.18. The zero-order valence-electron chi connectivity index (χ0n) is 23.2. The van der Waals surface area contributed by atoms with Crippen LogP contribution in [0.5, 0.6) is 11.5 Å². The summed E-state index contributed by atoms with van der Waals surface area (Å²) in [5, 5.41) is 36.2. The van der Waals surface area contributed by atoms with Gasteiger partial charge in [-0.1, -0.05) is 5.21 Å². The van der Waals surface area contributed by atoms with Crippen molar-refractivity contribution in [3.8, 4) is 28.6 Å². The summed E-state index contributed by atoms with van der Waals surface area (Å²) in [5.74, 6) is -2.41. The van der Waals surface area contributed by atoms with Gasteiger partial charge in [0, 0.05) is 36.1 Å². The van der Waals surface area contributed by atoms with E-state index in [1.54, 1.807) is 13.1 Å². The van der Waals surface area contributed by atoms with Crippen molar-refractivity contribution in [2.75, 3.05) is 26.1 Å². The third kappa shape index (κ3) is 6.62. The highest BCUT2D eigenvalue weighted by molar-refractivity contribution is 5.96. The molecule has 2 aromatic carbocycles. The molecular weight excluding hydrogens is 560 g/mol. The number of pyridine rings is 1. The topological polar surface area (TPSA) is 214 Å². The lowest BCUT2D eigenvalue weighted by molar-refractivity contribution is 0.0682. The number of anilines is 1. The smallest absolute Gasteiger partial charge is 0.339 e. The number of methoxy groups -OCH3 is 2. The maximum absolute atomic E-state index is 12.8. The normalized spacial score (nSPS) is 11.0. The van der Waals surface area contributed by atoms with Crippen LogP contribution in [0.25, 0.3) is 22.8 Å². The van der Waals surface area contributed by atoms with Crippen LogP contribution < -0.4 is 20.1 Å². The molecule has 0 fully saturated rings. The third-order valence-corrected chi connectivity index (χ3v) is 6.05. The van der Waals surface area contributed by atoms with E-state index in [1.807, 2.05) is 0 Å². The number of hydrogen-bond acceptors (Lipinski definition) is 11. The first kappa shape index (κ1) is 29.9. The van der Waals surface area contributed by atoms with Gasteiger partial charge in [-0.05, 0) is 43.3 Å². The molecule has 0 saturated carbocycles. The van der Waals surface area contributed by atoms with Crippen molar-refractivity contribution in [3.05, 3.63) is 83.3 Å². The van der Waals surface area contributed by atoms with Gasteiger partial charge in [0.1, 0.15) is 34.0 Å². The van der Waals surface area contributed by atoms with E-state index in [9.17, 15) is 24.6 Å². The van der Waals surface area contributed by atoms with Crippen molar-refractivity contribution >= 4 is 29.2 Å². The molecule has 15 heteroatoms. The molecule has 43 heavy (non-hydrogen) atoms. The van der Waals surface area contributed by atoms with Gasteiger partial charge >= 0.3 is 11.9 Å². The second-order valence-corrected chi connectivity index (χ2v) is 8.73. The maximum atomic E-state index is 12.8. The van der Waals surface area contributed by atoms with E-state index in [0.29, 0.717) is 17.9 Å². The first-order chi connectivity index (χ1) is 20.7. The Kier molecular flexibility index (Phi) is 9.05. The van der Waals surface area contributed by atoms with E-state index in [-0.39, 0.29) is 56.9 Å². The lowest BCUT2D eigenvalue weighted by atomic mass is 10.1. The first-order valence-corrected chi connectivity index (χ1v) is 12.6. The zero-order chi connectivity index (χ0) is 31.1. The number of ether oxygens (including phenoxy) is 2. The molecule has 0 aliphatic carbocycles. The van der Waals surface area contributed by atoms with E-state index in [4.69, 9.17) is 15.0 Å². The third-order valence-electron chi connectivity index (χ3n) is 6.05. The summed E-state index contributed by atoms with van der Waals surface area (Å²) in [6, 6.07) is 11.8. The highest BCUT2D eigenvalue weighted by Crippen LogP contribution is 2.27. The van der Waals surface area contributed by atoms with Crippen LogP contribution in [0.4, 0.5) is 5.69 Å². The molecule has 0 atom stereocenters. The molecule has 220 valence electrons. The highest BCUT2D eigenvalue weighted by atomic mass is 16.5. The van der Waals surface area contributed by atoms with Crippen LogP contribution in [0.15, 0.2) is 66.0 Å². The Morgan fingerprint density at radius 3 is 2.28 bits per heavy atom. The van der Waals surface area contributed by atoms with Crippen molar-refractivity contribution in [2.45, 2.75) is 6.92 Å². The number of nitrogens with one attached hydrogen (secondary N) is 3. The van der Waals surface area contributed by atoms with Crippen molar-refractivity contribution in [3.63, 3.8) is 0 Å². The van der Waals surface area contributed by atoms with Crippen LogP contribution in [-0.2, 0) is 0 Å². The van der Waals surface area contributed by atoms with Gasteiger partial charge < -0.3 is 30.3 Å². The molecule has 0 spiro atoms. The summed E-state index contributed by atoms with van der Waals surface area (Å²) in [7, 11) is 2.71. The number of carbonyl (C=O) groups excluding carboxylic acids is 1. The summed E-state index contributed by atoms with van der Waals surface area (Å²) in [5.41, 5.74) is 9.61. The number of benzene rings is 2. The molecule has 0 saturated heterocycles. The lowest BCUT2D eigenvalue weighted by Crippen LogP contribution is -2.23. The van der Waals surface area contributed by atoms with E-state index >= 15 is 0 Å². The quantitative estimate of drug-likeness (QED) is 0.150. The van der Waals surface area contributed by atoms with Gasteiger partial charge in [0.15, 0.2) is 0 Å². The van der Waals surface area contributed by atoms with Gasteiger partial charge in [-0.2, -0.15) is 5.11 Å². The van der Waals surface area contributed by atoms with Crippen LogP contribution in [0, 0.1) is 5.53 Å². The number of rotatable bonds is 12. The molecule has 2 heterocycles. The van der Waals surface area contributed by atoms with Crippen LogP contribution in [0.1, 0.15) is 43.7 Å². The monoisotopic (exact) mass is 586 g/mol. The first-order valence-electron chi connectivity index (χ1n) is 12.6. The van der Waals surface area contributed by atoms with Gasteiger partial charge in [-0.25, -0.2) is 24.8 Å². The van der Waals surface area contributed by atoms with Crippen LogP contribution in [-0.4, -0.2) is 68.8 Å². The van der Waals surface area contributed by atoms with Crippen LogP contribution in [0.2, 0.25) is 0 Å². The van der Waals surface area contributed by atoms with Crippen molar-refractivity contribution in [2.24, 2.45) is 5.11 Å². The Morgan fingerprint density at radius 1 is 0.977 bits per heavy atom. The fourth-order valence-electron chi connectivity index (χ4n) is 3.97. The summed E-state index contributed by atoms with van der Waals surface area (Å²) >= 11 is 0. The molecule has 0 aliphatic rings. The Morgan fingerprint density at radius 2 is 1.65 bits per heavy atom. The van der Waals surface area contributed by atoms with Gasteiger partial charge in [0.2, 0.25) is 0 Å². The van der Waals surface area contributed by atoms with Gasteiger partial charge in [-0.15, -0.1) is 5.10 Å². The average molecular weight is 587 g/mol. The SMILES string of the molecule is CCNC(=O)c1cc(/C(=C/Nc2ccc(C(=O)O)c(OC)c2)N=N)nc(-c2cn(-c3ccc(C(=O)O)c(OC)c3)nn2)c1. The standard InChI is InChI=1S/C28H26N8O7/c1-4-30-26(37)15-9-20(22(33-29)13-31-16-5-7-18(27(38)39)24(11-16)42-2)32-21(10-15)23-14-36(35-34-23)17-6-8-19(28(40)41)25(12-17)43-3/h5-14,29,31H,4H2,1-3H3,(H,30,37)(H,38,39)(H,40,41)/b22-13-,33-29?. The summed E-state index contributed by atoms with van der Waals surface area (Å²) in [6.45, 7) is 2.14. The van der Waals surface area contributed by atoms with Gasteiger partial charge in [0.25, 0.3) is 5.91 Å². The number of carboxylic acids is 2. The zero-order valence-corrected chi connectivity index (χ0v) is 23.2. The second kappa shape index (κ2) is 13.0. The van der Waals surface area contributed by atoms with Gasteiger partial charge in [-0.3, -0.25) is 4.79 Å². The number of carboxylic acid groups (broad SMARTS) is 2. The summed E-state index contributed by atoms with van der Waals surface area (Å²) < 4.78 is 11.7. The van der Waals surface area contributed by atoms with Crippen molar-refractivity contribution in [1.82, 2.24) is 25.3 Å². The number of hydrogen-bond donors (Lipinski definition) is 5. The average Bonchev–Trinajstić information content (AvgIpc) is 3.51. The van der Waals surface area contributed by atoms with E-state index in [0.717, 1.165) is 0 Å². The molecule has 1 amide bonds. The molecule has 0 bridgehead atoms. The molecule has 15 nitrogen and oxygen atoms in total. The fourth-order valence-corrected chi connectivity index (χ4v) is 3.97. The number of aromatic nitrogens is 4. The number of carbonyl (C=O) groups is 3. The lowest BCUT2D eigenvalue weighted by Gasteiger charge is -2.10. The predicted molar refractivity (Wildman–Crippen MR) is 153 cm³/mol. The van der Waals surface area contributed by atoms with Crippen molar-refractivity contribution in [1.29, 1.82) is 5.53 Å². The largest absolute Gasteiger partial charge is 0.496 e. The molecule has 4 rings (SSSR count). The number of amides is 1. The molecule has 0 radical (unpaired) electrons. The minimum atomic E-state index is -1.15. The second-order valence-electron chi connectivity index (χ2n) is 8.73. The number of nitrogens with zero attached hydrogens (tertiary/aromatic N) is 5. The predicted octanol–water partition coefficient (Wildman–Crippen LogP) is 3.93. The molecule has 0 aliphatic heterocycles. The summed E-state index contributed by atoms with van der Waals surface area (Å²) in [6.07, 6.45) is 2.92. The minimum absolute atomic E-state index is 0.0177. The van der Waals surface area contributed by atoms with Gasteiger partial charge in [0.05, 0.1) is 37.5 Å². The van der Waals surface area contributed by atoms with E-state index < -0.39 is 11.9 Å². The molecule has 5 N–H and O–H groups in total. The Bertz CT molecular complexity index is 1750. The molecular formula is C28H26N8O7. The number of aromatic carboxylic acids is 2. The van der Waals surface area contributed by atoms with E-state index in [2.05, 4.69) is 31.0 Å². The molecule has 0 unspecified atom stereocenters. The minimum Gasteiger partial charge on any atom is -0.496 e. The molecule has 2 aromatic heterocycles. The maximum Gasteiger partial charge on any atom is 0.339 e. The Balaban J connectivity index is 1.73. The van der Waals surface area contributed by atoms with Crippen LogP contribution in [0.3, 0.4) is 0 Å². The van der Waals surface area contributed by atoms with Crippen molar-refractivity contribution < 1.29 is 34.1 Å². The fraction of sp³-hybridized carbons (Fsp3) is 0.143. The molecule has 4 aromatic rings.